The van der Waals surface area contributed by atoms with Crippen molar-refractivity contribution in [3.63, 3.8) is 0 Å². The Morgan fingerprint density at radius 3 is 2.25 bits per heavy atom. The number of ketones is 1. The minimum Gasteiger partial charge on any atom is -0.346 e. The fraction of sp³-hybridized carbons (Fsp3) is 0.750. The first-order chi connectivity index (χ1) is 24.2. The SMILES string of the molecule is C=CCNC(=O)C(=O)C(CC1CC1)NC(=O)[C@@H]1C[C@@H](C(C)(C)C)CN1C(=O)[C@@H](NC(=O)[C@@H](NS(=O)(=O)c1ncn[nH]1)C1(C)CCCCC1)C(C)(C)C. The van der Waals surface area contributed by atoms with Crippen LogP contribution < -0.4 is 20.7 Å². The second-order valence-electron chi connectivity index (χ2n) is 17.3. The Balaban J connectivity index is 1.63. The summed E-state index contributed by atoms with van der Waals surface area (Å²) in [6.45, 7) is 17.2. The maximum atomic E-state index is 14.7. The molecule has 4 rings (SSSR count). The Kier molecular flexibility index (Phi) is 12.8. The van der Waals surface area contributed by atoms with Gasteiger partial charge in [0, 0.05) is 13.1 Å². The van der Waals surface area contributed by atoms with Gasteiger partial charge in [-0.1, -0.05) is 86.6 Å². The Labute approximate surface area is 307 Å². The van der Waals surface area contributed by atoms with Crippen LogP contribution in [-0.4, -0.2) is 95.2 Å². The van der Waals surface area contributed by atoms with Gasteiger partial charge in [-0.05, 0) is 53.8 Å². The summed E-state index contributed by atoms with van der Waals surface area (Å²) in [5, 5.41) is 13.8. The molecule has 1 aromatic heterocycles. The van der Waals surface area contributed by atoms with Gasteiger partial charge in [0.15, 0.2) is 0 Å². The minimum atomic E-state index is -4.28. The third-order valence-corrected chi connectivity index (χ3v) is 12.2. The first-order valence-electron chi connectivity index (χ1n) is 18.4. The number of nitrogens with one attached hydrogen (secondary N) is 5. The molecule has 1 saturated heterocycles. The van der Waals surface area contributed by atoms with E-state index in [0.29, 0.717) is 25.7 Å². The summed E-state index contributed by atoms with van der Waals surface area (Å²) >= 11 is 0. The van der Waals surface area contributed by atoms with Crippen molar-refractivity contribution in [2.45, 2.75) is 136 Å². The van der Waals surface area contributed by atoms with Crippen LogP contribution in [0.5, 0.6) is 0 Å². The maximum Gasteiger partial charge on any atom is 0.289 e. The zero-order valence-corrected chi connectivity index (χ0v) is 32.5. The van der Waals surface area contributed by atoms with Gasteiger partial charge in [-0.2, -0.15) is 9.82 Å². The number of carbonyl (C=O) groups is 5. The van der Waals surface area contributed by atoms with E-state index in [9.17, 15) is 32.4 Å². The summed E-state index contributed by atoms with van der Waals surface area (Å²) in [6, 6.07) is -4.40. The third kappa shape index (κ3) is 10.1. The van der Waals surface area contributed by atoms with Gasteiger partial charge in [-0.15, -0.1) is 6.58 Å². The number of hydrogen-bond donors (Lipinski definition) is 5. The first-order valence-corrected chi connectivity index (χ1v) is 19.9. The fourth-order valence-corrected chi connectivity index (χ4v) is 8.46. The Hall–Kier alpha value is -3.66. The number of aromatic nitrogens is 3. The van der Waals surface area contributed by atoms with Gasteiger partial charge >= 0.3 is 0 Å². The number of amides is 4. The van der Waals surface area contributed by atoms with E-state index in [2.05, 4.69) is 42.4 Å². The fourth-order valence-electron chi connectivity index (χ4n) is 7.29. The van der Waals surface area contributed by atoms with E-state index in [4.69, 9.17) is 0 Å². The highest BCUT2D eigenvalue weighted by Crippen LogP contribution is 2.41. The average Bonchev–Trinajstić information content (AvgIpc) is 3.49. The maximum absolute atomic E-state index is 14.7. The molecule has 3 aliphatic rings. The molecule has 1 unspecified atom stereocenters. The third-order valence-electron chi connectivity index (χ3n) is 10.9. The Morgan fingerprint density at radius 2 is 1.71 bits per heavy atom. The highest BCUT2D eigenvalue weighted by molar-refractivity contribution is 7.89. The molecule has 52 heavy (non-hydrogen) atoms. The molecule has 1 aromatic rings. The van der Waals surface area contributed by atoms with Gasteiger partial charge in [0.25, 0.3) is 21.1 Å². The van der Waals surface area contributed by atoms with E-state index >= 15 is 0 Å². The number of carbonyl (C=O) groups excluding carboxylic acids is 5. The number of nitrogens with zero attached hydrogens (tertiary/aromatic N) is 3. The molecule has 5 N–H and O–H groups in total. The van der Waals surface area contributed by atoms with Gasteiger partial charge in [0.1, 0.15) is 24.5 Å². The van der Waals surface area contributed by atoms with E-state index < -0.39 is 79.6 Å². The molecule has 16 heteroatoms. The van der Waals surface area contributed by atoms with Crippen molar-refractivity contribution in [1.82, 2.24) is 40.8 Å². The Bertz CT molecular complexity index is 1590. The molecule has 2 heterocycles. The van der Waals surface area contributed by atoms with Crippen molar-refractivity contribution in [1.29, 1.82) is 0 Å². The van der Waals surface area contributed by atoms with Gasteiger partial charge in [-0.25, -0.2) is 18.5 Å². The van der Waals surface area contributed by atoms with Gasteiger partial charge < -0.3 is 20.9 Å². The lowest BCUT2D eigenvalue weighted by Gasteiger charge is -2.42. The Morgan fingerprint density at radius 1 is 1.06 bits per heavy atom. The lowest BCUT2D eigenvalue weighted by molar-refractivity contribution is -0.145. The van der Waals surface area contributed by atoms with E-state index in [0.717, 1.165) is 38.4 Å². The lowest BCUT2D eigenvalue weighted by Crippen LogP contribution is -2.63. The monoisotopic (exact) mass is 746 g/mol. The summed E-state index contributed by atoms with van der Waals surface area (Å²) in [7, 11) is -4.28. The van der Waals surface area contributed by atoms with Crippen LogP contribution in [-0.2, 0) is 34.0 Å². The molecule has 290 valence electrons. The quantitative estimate of drug-likeness (QED) is 0.132. The average molecular weight is 747 g/mol. The molecule has 1 aliphatic heterocycles. The van der Waals surface area contributed by atoms with Crippen molar-refractivity contribution in [2.75, 3.05) is 13.1 Å². The van der Waals surface area contributed by atoms with Crippen LogP contribution in [0.1, 0.15) is 106 Å². The number of sulfonamides is 1. The summed E-state index contributed by atoms with van der Waals surface area (Å²) in [4.78, 5) is 74.3. The first kappa shape index (κ1) is 41.1. The molecule has 5 atom stereocenters. The lowest BCUT2D eigenvalue weighted by atomic mass is 9.70. The molecular formula is C36H58N8O7S. The molecule has 2 aliphatic carbocycles. The molecule has 4 amide bonds. The highest BCUT2D eigenvalue weighted by Gasteiger charge is 2.50. The number of likely N-dealkylation sites (tertiary alicyclic amines) is 1. The molecule has 2 saturated carbocycles. The van der Waals surface area contributed by atoms with Crippen LogP contribution in [0.15, 0.2) is 24.1 Å². The number of hydrogen-bond acceptors (Lipinski definition) is 9. The van der Waals surface area contributed by atoms with E-state index in [1.807, 2.05) is 27.7 Å². The topological polar surface area (TPSA) is 212 Å². The van der Waals surface area contributed by atoms with E-state index in [1.165, 1.54) is 11.0 Å². The van der Waals surface area contributed by atoms with Crippen molar-refractivity contribution >= 4 is 39.4 Å². The molecule has 15 nitrogen and oxygen atoms in total. The molecule has 0 radical (unpaired) electrons. The second-order valence-corrected chi connectivity index (χ2v) is 18.9. The van der Waals surface area contributed by atoms with Crippen molar-refractivity contribution in [3.8, 4) is 0 Å². The van der Waals surface area contributed by atoms with Crippen LogP contribution in [0.2, 0.25) is 0 Å². The van der Waals surface area contributed by atoms with Crippen LogP contribution in [0.3, 0.4) is 0 Å². The van der Waals surface area contributed by atoms with Crippen molar-refractivity contribution in [2.24, 2.45) is 28.1 Å². The standard InChI is InChI=1S/C36H58N8O7S/c1-9-17-37-30(47)26(45)24(18-22-13-14-22)40-29(46)25-19-23(34(2,3)4)20-44(25)32(49)28(35(5,6)7)41-31(48)27(36(8)15-11-10-12-16-36)43-52(50,51)33-38-21-39-42-33/h9,21-25,27-28,43H,1,10-20H2,2-8H3,(H,37,47)(H,40,46)(H,41,48)(H,38,39,42)/t23-,24?,25+,27-,28-/m1/s1. The molecule has 0 spiro atoms. The van der Waals surface area contributed by atoms with Crippen molar-refractivity contribution < 1.29 is 32.4 Å². The van der Waals surface area contributed by atoms with E-state index in [1.54, 1.807) is 20.8 Å². The normalized spacial score (nSPS) is 22.5. The zero-order valence-electron chi connectivity index (χ0n) is 31.7. The predicted molar refractivity (Wildman–Crippen MR) is 194 cm³/mol. The molecular weight excluding hydrogens is 689 g/mol. The molecule has 3 fully saturated rings. The van der Waals surface area contributed by atoms with Gasteiger partial charge in [-0.3, -0.25) is 24.0 Å². The van der Waals surface area contributed by atoms with Crippen LogP contribution in [0.25, 0.3) is 0 Å². The van der Waals surface area contributed by atoms with E-state index in [-0.39, 0.29) is 30.3 Å². The predicted octanol–water partition coefficient (Wildman–Crippen LogP) is 2.37. The number of H-pyrrole nitrogens is 1. The zero-order chi connectivity index (χ0) is 38.6. The summed E-state index contributed by atoms with van der Waals surface area (Å²) in [5.74, 6) is -3.14. The van der Waals surface area contributed by atoms with Crippen LogP contribution in [0.4, 0.5) is 0 Å². The van der Waals surface area contributed by atoms with Crippen LogP contribution >= 0.6 is 0 Å². The number of aromatic amines is 1. The number of rotatable bonds is 15. The van der Waals surface area contributed by atoms with Crippen LogP contribution in [0, 0.1) is 28.1 Å². The second kappa shape index (κ2) is 16.1. The van der Waals surface area contributed by atoms with Gasteiger partial charge in [0.2, 0.25) is 23.5 Å². The largest absolute Gasteiger partial charge is 0.346 e. The summed E-state index contributed by atoms with van der Waals surface area (Å²) in [5.41, 5.74) is -1.90. The molecule has 0 aromatic carbocycles. The minimum absolute atomic E-state index is 0.0976. The summed E-state index contributed by atoms with van der Waals surface area (Å²) in [6.07, 6.45) is 8.72. The van der Waals surface area contributed by atoms with Gasteiger partial charge in [0.05, 0.1) is 6.04 Å². The van der Waals surface area contributed by atoms with Crippen molar-refractivity contribution in [3.05, 3.63) is 19.0 Å². The smallest absolute Gasteiger partial charge is 0.289 e. The molecule has 0 bridgehead atoms. The summed E-state index contributed by atoms with van der Waals surface area (Å²) < 4.78 is 29.3. The number of Topliss-reactive ketones (excluding diaryl/α,β-unsaturated/α-hetero) is 1. The highest BCUT2D eigenvalue weighted by atomic mass is 32.2.